The Hall–Kier alpha value is -3.37. The lowest BCUT2D eigenvalue weighted by Crippen LogP contribution is -2.31. The van der Waals surface area contributed by atoms with Crippen LogP contribution >= 0.6 is 0 Å². The van der Waals surface area contributed by atoms with Crippen LogP contribution in [0.3, 0.4) is 0 Å². The SMILES string of the molecule is CCCCn1c(=O)[nH]c(=O)c2c1nc(COC(=O)c1ccccc1C(F)(F)F)n2CCC. The van der Waals surface area contributed by atoms with Crippen molar-refractivity contribution in [3.8, 4) is 0 Å². The molecule has 2 aromatic heterocycles. The van der Waals surface area contributed by atoms with E-state index in [-0.39, 0.29) is 17.0 Å². The third-order valence-corrected chi connectivity index (χ3v) is 4.93. The van der Waals surface area contributed by atoms with Gasteiger partial charge in [0.05, 0.1) is 11.1 Å². The molecule has 8 nitrogen and oxygen atoms in total. The minimum absolute atomic E-state index is 0.155. The van der Waals surface area contributed by atoms with Crippen LogP contribution < -0.4 is 11.2 Å². The third kappa shape index (κ3) is 4.61. The van der Waals surface area contributed by atoms with Gasteiger partial charge in [-0.3, -0.25) is 14.3 Å². The molecule has 2 heterocycles. The number of carbonyl (C=O) groups excluding carboxylic acids is 1. The molecule has 1 aromatic carbocycles. The molecule has 0 amide bonds. The fraction of sp³-hybridized carbons (Fsp3) is 0.429. The number of aryl methyl sites for hydroxylation is 2. The number of aromatic amines is 1. The minimum atomic E-state index is -4.71. The van der Waals surface area contributed by atoms with Crippen LogP contribution in [0.25, 0.3) is 11.2 Å². The van der Waals surface area contributed by atoms with E-state index in [1.807, 2.05) is 13.8 Å². The first-order chi connectivity index (χ1) is 15.2. The highest BCUT2D eigenvalue weighted by Crippen LogP contribution is 2.32. The zero-order valence-electron chi connectivity index (χ0n) is 17.7. The van der Waals surface area contributed by atoms with Crippen molar-refractivity contribution < 1.29 is 22.7 Å². The smallest absolute Gasteiger partial charge is 0.417 e. The van der Waals surface area contributed by atoms with Gasteiger partial charge in [-0.2, -0.15) is 13.2 Å². The topological polar surface area (TPSA) is 99.0 Å². The van der Waals surface area contributed by atoms with Gasteiger partial charge in [0.15, 0.2) is 11.2 Å². The molecule has 3 rings (SSSR count). The Morgan fingerprint density at radius 1 is 1.09 bits per heavy atom. The molecule has 0 unspecified atom stereocenters. The van der Waals surface area contributed by atoms with Gasteiger partial charge in [-0.15, -0.1) is 0 Å². The average Bonchev–Trinajstić information content (AvgIpc) is 3.10. The fourth-order valence-electron chi connectivity index (χ4n) is 3.43. The van der Waals surface area contributed by atoms with E-state index in [1.165, 1.54) is 21.3 Å². The number of hydrogen-bond acceptors (Lipinski definition) is 5. The van der Waals surface area contributed by atoms with Crippen LogP contribution in [0, 0.1) is 0 Å². The van der Waals surface area contributed by atoms with Crippen molar-refractivity contribution in [3.05, 3.63) is 62.1 Å². The number of carbonyl (C=O) groups is 1. The van der Waals surface area contributed by atoms with Gasteiger partial charge in [-0.05, 0) is 25.0 Å². The van der Waals surface area contributed by atoms with E-state index >= 15 is 0 Å². The Bertz CT molecular complexity index is 1240. The third-order valence-electron chi connectivity index (χ3n) is 4.93. The molecular weight excluding hydrogens is 429 g/mol. The molecule has 0 spiro atoms. The molecule has 0 aliphatic carbocycles. The molecule has 3 aromatic rings. The molecule has 32 heavy (non-hydrogen) atoms. The highest BCUT2D eigenvalue weighted by Gasteiger charge is 2.35. The van der Waals surface area contributed by atoms with Gasteiger partial charge in [0, 0.05) is 13.1 Å². The van der Waals surface area contributed by atoms with E-state index < -0.39 is 41.1 Å². The molecule has 0 saturated heterocycles. The highest BCUT2D eigenvalue weighted by molar-refractivity contribution is 5.91. The monoisotopic (exact) mass is 452 g/mol. The first-order valence-corrected chi connectivity index (χ1v) is 10.2. The largest absolute Gasteiger partial charge is 0.454 e. The summed E-state index contributed by atoms with van der Waals surface area (Å²) in [6, 6.07) is 4.33. The maximum atomic E-state index is 13.2. The molecule has 0 saturated carbocycles. The molecule has 11 heteroatoms. The van der Waals surface area contributed by atoms with Gasteiger partial charge in [-0.1, -0.05) is 32.4 Å². The average molecular weight is 452 g/mol. The van der Waals surface area contributed by atoms with E-state index in [9.17, 15) is 27.6 Å². The molecule has 1 N–H and O–H groups in total. The number of halogens is 3. The molecule has 172 valence electrons. The summed E-state index contributed by atoms with van der Waals surface area (Å²) in [7, 11) is 0. The molecule has 0 aliphatic heterocycles. The second-order valence-electron chi connectivity index (χ2n) is 7.24. The molecule has 0 fully saturated rings. The number of nitrogens with one attached hydrogen (secondary N) is 1. The van der Waals surface area contributed by atoms with Crippen molar-refractivity contribution in [3.63, 3.8) is 0 Å². The number of unbranched alkanes of at least 4 members (excludes halogenated alkanes) is 1. The number of hydrogen-bond donors (Lipinski definition) is 1. The van der Waals surface area contributed by atoms with Crippen molar-refractivity contribution in [2.75, 3.05) is 0 Å². The van der Waals surface area contributed by atoms with Crippen molar-refractivity contribution in [1.82, 2.24) is 19.1 Å². The number of imidazole rings is 1. The van der Waals surface area contributed by atoms with Crippen LogP contribution in [0.5, 0.6) is 0 Å². The Morgan fingerprint density at radius 3 is 2.47 bits per heavy atom. The summed E-state index contributed by atoms with van der Waals surface area (Å²) in [5.41, 5.74) is -2.63. The van der Waals surface area contributed by atoms with E-state index in [4.69, 9.17) is 4.74 Å². The van der Waals surface area contributed by atoms with Crippen LogP contribution in [0.1, 0.15) is 54.9 Å². The van der Waals surface area contributed by atoms with Crippen molar-refractivity contribution in [2.45, 2.75) is 59.0 Å². The van der Waals surface area contributed by atoms with Crippen molar-refractivity contribution in [2.24, 2.45) is 0 Å². The minimum Gasteiger partial charge on any atom is -0.454 e. The van der Waals surface area contributed by atoms with Gasteiger partial charge in [0.25, 0.3) is 5.56 Å². The number of H-pyrrole nitrogens is 1. The summed E-state index contributed by atoms with van der Waals surface area (Å²) in [5, 5.41) is 0. The Balaban J connectivity index is 2.00. The first-order valence-electron chi connectivity index (χ1n) is 10.2. The van der Waals surface area contributed by atoms with E-state index in [0.29, 0.717) is 25.9 Å². The van der Waals surface area contributed by atoms with Crippen LogP contribution in [0.2, 0.25) is 0 Å². The molecule has 0 bridgehead atoms. The summed E-state index contributed by atoms with van der Waals surface area (Å²) >= 11 is 0. The van der Waals surface area contributed by atoms with E-state index in [2.05, 4.69) is 9.97 Å². The number of ether oxygens (including phenoxy) is 1. The van der Waals surface area contributed by atoms with Crippen LogP contribution in [-0.4, -0.2) is 25.1 Å². The predicted molar refractivity (Wildman–Crippen MR) is 110 cm³/mol. The van der Waals surface area contributed by atoms with Gasteiger partial charge in [0.1, 0.15) is 12.4 Å². The molecule has 0 atom stereocenters. The lowest BCUT2D eigenvalue weighted by Gasteiger charge is -2.12. The molecular formula is C21H23F3N4O4. The number of alkyl halides is 3. The Kier molecular flexibility index (Phi) is 6.85. The normalized spacial score (nSPS) is 11.8. The number of fused-ring (bicyclic) bond motifs is 1. The zero-order valence-corrected chi connectivity index (χ0v) is 17.7. The van der Waals surface area contributed by atoms with E-state index in [0.717, 1.165) is 18.6 Å². The van der Waals surface area contributed by atoms with Crippen LogP contribution in [0.15, 0.2) is 33.9 Å². The van der Waals surface area contributed by atoms with Crippen LogP contribution in [0.4, 0.5) is 13.2 Å². The van der Waals surface area contributed by atoms with E-state index in [1.54, 1.807) is 0 Å². The predicted octanol–water partition coefficient (Wildman–Crippen LogP) is 3.47. The first kappa shape index (κ1) is 23.3. The summed E-state index contributed by atoms with van der Waals surface area (Å²) in [5.74, 6) is -0.994. The summed E-state index contributed by atoms with van der Waals surface area (Å²) in [6.07, 6.45) is -2.61. The van der Waals surface area contributed by atoms with Gasteiger partial charge >= 0.3 is 17.8 Å². The number of rotatable bonds is 8. The number of esters is 1. The molecule has 0 aliphatic rings. The van der Waals surface area contributed by atoms with Crippen LogP contribution in [-0.2, 0) is 30.6 Å². The maximum Gasteiger partial charge on any atom is 0.417 e. The standard InChI is InChI=1S/C21H23F3N4O4/c1-3-5-11-28-17-16(18(29)26-20(28)31)27(10-4-2)15(25-17)12-32-19(30)13-8-6-7-9-14(13)21(22,23)24/h6-9H,3-5,10-12H2,1-2H3,(H,26,29,31). The quantitative estimate of drug-likeness (QED) is 0.528. The number of nitrogens with zero attached hydrogens (tertiary/aromatic N) is 3. The Labute approximate surface area is 180 Å². The summed E-state index contributed by atoms with van der Waals surface area (Å²) < 4.78 is 47.6. The lowest BCUT2D eigenvalue weighted by atomic mass is 10.1. The zero-order chi connectivity index (χ0) is 23.5. The second-order valence-corrected chi connectivity index (χ2v) is 7.24. The number of benzene rings is 1. The second kappa shape index (κ2) is 9.41. The van der Waals surface area contributed by atoms with Gasteiger partial charge in [0.2, 0.25) is 0 Å². The van der Waals surface area contributed by atoms with Crippen molar-refractivity contribution >= 4 is 17.1 Å². The summed E-state index contributed by atoms with van der Waals surface area (Å²) in [4.78, 5) is 43.8. The maximum absolute atomic E-state index is 13.2. The highest BCUT2D eigenvalue weighted by atomic mass is 19.4. The number of aromatic nitrogens is 4. The fourth-order valence-corrected chi connectivity index (χ4v) is 3.43. The Morgan fingerprint density at radius 2 is 1.81 bits per heavy atom. The van der Waals surface area contributed by atoms with Crippen molar-refractivity contribution in [1.29, 1.82) is 0 Å². The van der Waals surface area contributed by atoms with Gasteiger partial charge in [-0.25, -0.2) is 14.6 Å². The summed E-state index contributed by atoms with van der Waals surface area (Å²) in [6.45, 7) is 4.04. The molecule has 0 radical (unpaired) electrons. The van der Waals surface area contributed by atoms with Gasteiger partial charge < -0.3 is 9.30 Å². The lowest BCUT2D eigenvalue weighted by molar-refractivity contribution is -0.138.